The van der Waals surface area contributed by atoms with Gasteiger partial charge in [0.25, 0.3) is 5.91 Å². The van der Waals surface area contributed by atoms with E-state index in [1.165, 1.54) is 0 Å². The summed E-state index contributed by atoms with van der Waals surface area (Å²) >= 11 is 0. The summed E-state index contributed by atoms with van der Waals surface area (Å²) in [6.07, 6.45) is 2.16. The number of hydrogen-bond donors (Lipinski definition) is 1. The fraction of sp³-hybridized carbons (Fsp3) is 0.522. The molecule has 2 aromatic rings. The van der Waals surface area contributed by atoms with E-state index in [1.807, 2.05) is 43.9 Å². The van der Waals surface area contributed by atoms with Gasteiger partial charge in [0.1, 0.15) is 18.1 Å². The third-order valence-corrected chi connectivity index (χ3v) is 6.12. The molecule has 0 bridgehead atoms. The van der Waals surface area contributed by atoms with E-state index in [0.717, 1.165) is 29.9 Å². The lowest BCUT2D eigenvalue weighted by atomic mass is 10.1. The van der Waals surface area contributed by atoms with Gasteiger partial charge in [-0.05, 0) is 45.7 Å². The van der Waals surface area contributed by atoms with Crippen LogP contribution in [0.25, 0.3) is 0 Å². The molecule has 166 valence electrons. The number of carbonyl (C=O) groups is 2. The van der Waals surface area contributed by atoms with Gasteiger partial charge in [0.15, 0.2) is 0 Å². The molecule has 1 saturated heterocycles. The maximum Gasteiger partial charge on any atom is 0.257 e. The monoisotopic (exact) mass is 426 g/mol. The summed E-state index contributed by atoms with van der Waals surface area (Å²) in [7, 11) is 0. The molecule has 1 saturated carbocycles. The van der Waals surface area contributed by atoms with Crippen molar-refractivity contribution in [1.29, 1.82) is 0 Å². The summed E-state index contributed by atoms with van der Waals surface area (Å²) in [5.41, 5.74) is 2.23. The minimum absolute atomic E-state index is 0.0518. The summed E-state index contributed by atoms with van der Waals surface area (Å²) in [6, 6.07) is 7.49. The van der Waals surface area contributed by atoms with E-state index < -0.39 is 0 Å². The highest BCUT2D eigenvalue weighted by Gasteiger charge is 2.31. The maximum absolute atomic E-state index is 13.2. The Morgan fingerprint density at radius 1 is 1.19 bits per heavy atom. The van der Waals surface area contributed by atoms with Gasteiger partial charge in [-0.3, -0.25) is 14.5 Å². The molecule has 1 N–H and O–H groups in total. The normalized spacial score (nSPS) is 18.0. The van der Waals surface area contributed by atoms with Crippen LogP contribution in [0, 0.1) is 13.8 Å². The van der Waals surface area contributed by atoms with Crippen LogP contribution in [-0.2, 0) is 11.4 Å². The Kier molecular flexibility index (Phi) is 6.27. The predicted octanol–water partition coefficient (Wildman–Crippen LogP) is 2.30. The number of ether oxygens (including phenoxy) is 1. The first-order valence-corrected chi connectivity index (χ1v) is 10.9. The van der Waals surface area contributed by atoms with Crippen LogP contribution in [0.1, 0.15) is 47.1 Å². The largest absolute Gasteiger partial charge is 0.488 e. The van der Waals surface area contributed by atoms with Gasteiger partial charge in [0, 0.05) is 32.2 Å². The second-order valence-electron chi connectivity index (χ2n) is 8.37. The first-order chi connectivity index (χ1) is 14.9. The number of benzene rings is 1. The lowest BCUT2D eigenvalue weighted by Crippen LogP contribution is -2.55. The Morgan fingerprint density at radius 2 is 1.90 bits per heavy atom. The number of nitrogens with one attached hydrogen (secondary N) is 1. The lowest BCUT2D eigenvalue weighted by molar-refractivity contribution is -0.126. The van der Waals surface area contributed by atoms with Crippen molar-refractivity contribution < 1.29 is 18.8 Å². The molecule has 4 rings (SSSR count). The standard InChI is InChI=1S/C23H30N4O4/c1-15-20(17(3)31-25-15)14-30-21-7-5-4-6-19(21)23(29)27-12-10-26(11-13-27)16(2)22(28)24-18-8-9-18/h4-7,16,18H,8-14H2,1-3H3,(H,24,28). The highest BCUT2D eigenvalue weighted by atomic mass is 16.5. The number of nitrogens with zero attached hydrogens (tertiary/aromatic N) is 3. The average molecular weight is 427 g/mol. The highest BCUT2D eigenvalue weighted by Crippen LogP contribution is 2.24. The molecule has 1 aliphatic heterocycles. The van der Waals surface area contributed by atoms with Crippen LogP contribution in [0.5, 0.6) is 5.75 Å². The zero-order valence-corrected chi connectivity index (χ0v) is 18.4. The van der Waals surface area contributed by atoms with Gasteiger partial charge in [0.2, 0.25) is 5.91 Å². The smallest absolute Gasteiger partial charge is 0.257 e. The van der Waals surface area contributed by atoms with E-state index in [-0.39, 0.29) is 17.9 Å². The predicted molar refractivity (Wildman–Crippen MR) is 115 cm³/mol. The van der Waals surface area contributed by atoms with Crippen LogP contribution in [0.3, 0.4) is 0 Å². The van der Waals surface area contributed by atoms with Crippen molar-refractivity contribution in [3.8, 4) is 5.75 Å². The number of aryl methyl sites for hydroxylation is 2. The van der Waals surface area contributed by atoms with Crippen molar-refractivity contribution in [2.24, 2.45) is 0 Å². The Hall–Kier alpha value is -2.87. The SMILES string of the molecule is Cc1noc(C)c1COc1ccccc1C(=O)N1CCN(C(C)C(=O)NC2CC2)CC1. The Balaban J connectivity index is 1.36. The molecule has 2 aliphatic rings. The second-order valence-corrected chi connectivity index (χ2v) is 8.37. The fourth-order valence-electron chi connectivity index (χ4n) is 3.82. The van der Waals surface area contributed by atoms with Gasteiger partial charge >= 0.3 is 0 Å². The molecule has 8 nitrogen and oxygen atoms in total. The molecule has 2 amide bonds. The fourth-order valence-corrected chi connectivity index (χ4v) is 3.82. The van der Waals surface area contributed by atoms with Crippen LogP contribution in [0.4, 0.5) is 0 Å². The zero-order valence-electron chi connectivity index (χ0n) is 18.4. The minimum Gasteiger partial charge on any atom is -0.488 e. The van der Waals surface area contributed by atoms with Crippen molar-refractivity contribution in [3.63, 3.8) is 0 Å². The van der Waals surface area contributed by atoms with Crippen LogP contribution in [-0.4, -0.2) is 65.0 Å². The lowest BCUT2D eigenvalue weighted by Gasteiger charge is -2.37. The van der Waals surface area contributed by atoms with Gasteiger partial charge in [-0.2, -0.15) is 0 Å². The van der Waals surface area contributed by atoms with E-state index in [9.17, 15) is 9.59 Å². The number of piperazine rings is 1. The third kappa shape index (κ3) is 4.90. The molecule has 0 radical (unpaired) electrons. The molecule has 1 unspecified atom stereocenters. The molecule has 0 spiro atoms. The van der Waals surface area contributed by atoms with Crippen LogP contribution < -0.4 is 10.1 Å². The van der Waals surface area contributed by atoms with Gasteiger partial charge in [-0.25, -0.2) is 0 Å². The number of carbonyl (C=O) groups excluding carboxylic acids is 2. The highest BCUT2D eigenvalue weighted by molar-refractivity contribution is 5.97. The molecular formula is C23H30N4O4. The van der Waals surface area contributed by atoms with Crippen LogP contribution in [0.2, 0.25) is 0 Å². The number of rotatable bonds is 7. The molecule has 1 aliphatic carbocycles. The van der Waals surface area contributed by atoms with Crippen molar-refractivity contribution in [1.82, 2.24) is 20.3 Å². The van der Waals surface area contributed by atoms with E-state index in [0.29, 0.717) is 50.1 Å². The number of para-hydroxylation sites is 1. The first kappa shape index (κ1) is 21.4. The number of amides is 2. The minimum atomic E-state index is -0.177. The molecule has 8 heteroatoms. The van der Waals surface area contributed by atoms with Gasteiger partial charge in [-0.1, -0.05) is 17.3 Å². The molecule has 31 heavy (non-hydrogen) atoms. The first-order valence-electron chi connectivity index (χ1n) is 10.9. The molecule has 1 aromatic heterocycles. The molecule has 1 aromatic carbocycles. The number of hydrogen-bond acceptors (Lipinski definition) is 6. The summed E-state index contributed by atoms with van der Waals surface area (Å²) < 4.78 is 11.2. The molecule has 1 atom stereocenters. The summed E-state index contributed by atoms with van der Waals surface area (Å²) in [6.45, 7) is 8.47. The van der Waals surface area contributed by atoms with E-state index in [2.05, 4.69) is 15.4 Å². The van der Waals surface area contributed by atoms with Crippen LogP contribution in [0.15, 0.2) is 28.8 Å². The number of aromatic nitrogens is 1. The Morgan fingerprint density at radius 3 is 2.55 bits per heavy atom. The summed E-state index contributed by atoms with van der Waals surface area (Å²) in [4.78, 5) is 29.5. The Labute approximate surface area is 182 Å². The average Bonchev–Trinajstić information content (AvgIpc) is 3.55. The Bertz CT molecular complexity index is 925. The van der Waals surface area contributed by atoms with Crippen molar-refractivity contribution >= 4 is 11.8 Å². The van der Waals surface area contributed by atoms with E-state index >= 15 is 0 Å². The van der Waals surface area contributed by atoms with Crippen molar-refractivity contribution in [2.75, 3.05) is 26.2 Å². The van der Waals surface area contributed by atoms with Gasteiger partial charge in [-0.15, -0.1) is 0 Å². The van der Waals surface area contributed by atoms with Crippen molar-refractivity contribution in [3.05, 3.63) is 46.8 Å². The summed E-state index contributed by atoms with van der Waals surface area (Å²) in [5.74, 6) is 1.30. The van der Waals surface area contributed by atoms with E-state index in [4.69, 9.17) is 9.26 Å². The van der Waals surface area contributed by atoms with Gasteiger partial charge in [0.05, 0.1) is 22.9 Å². The molecular weight excluding hydrogens is 396 g/mol. The zero-order chi connectivity index (χ0) is 22.0. The topological polar surface area (TPSA) is 87.9 Å². The second kappa shape index (κ2) is 9.09. The molecule has 2 heterocycles. The maximum atomic E-state index is 13.2. The van der Waals surface area contributed by atoms with E-state index in [1.54, 1.807) is 6.07 Å². The van der Waals surface area contributed by atoms with Gasteiger partial charge < -0.3 is 19.5 Å². The van der Waals surface area contributed by atoms with Crippen molar-refractivity contribution in [2.45, 2.75) is 52.3 Å². The summed E-state index contributed by atoms with van der Waals surface area (Å²) in [5, 5.41) is 7.01. The third-order valence-electron chi connectivity index (χ3n) is 6.12. The quantitative estimate of drug-likeness (QED) is 0.731. The molecule has 2 fully saturated rings. The van der Waals surface area contributed by atoms with Crippen LogP contribution >= 0.6 is 0 Å².